The van der Waals surface area contributed by atoms with Crippen molar-refractivity contribution in [1.82, 2.24) is 14.8 Å². The number of piperazine rings is 1. The van der Waals surface area contributed by atoms with Crippen LogP contribution in [0, 0.1) is 16.7 Å². The third kappa shape index (κ3) is 3.29. The zero-order valence-corrected chi connectivity index (χ0v) is 14.4. The van der Waals surface area contributed by atoms with Crippen molar-refractivity contribution in [3.63, 3.8) is 0 Å². The lowest BCUT2D eigenvalue weighted by Gasteiger charge is -2.41. The molecule has 1 aromatic heterocycles. The lowest BCUT2D eigenvalue weighted by Crippen LogP contribution is -2.53. The summed E-state index contributed by atoms with van der Waals surface area (Å²) in [5.41, 5.74) is 0.452. The zero-order valence-electron chi connectivity index (χ0n) is 14.4. The van der Waals surface area contributed by atoms with E-state index in [-0.39, 0.29) is 5.91 Å². The molecule has 5 heteroatoms. The molecule has 0 aromatic carbocycles. The molecule has 1 unspecified atom stereocenters. The zero-order chi connectivity index (χ0) is 17.0. The van der Waals surface area contributed by atoms with Gasteiger partial charge >= 0.3 is 0 Å². The Morgan fingerprint density at radius 2 is 1.96 bits per heavy atom. The van der Waals surface area contributed by atoms with Crippen LogP contribution in [0.2, 0.25) is 0 Å². The summed E-state index contributed by atoms with van der Waals surface area (Å²) in [7, 11) is 0. The number of carbonyl (C=O) groups is 1. The van der Waals surface area contributed by atoms with E-state index in [1.54, 1.807) is 6.20 Å². The maximum Gasteiger partial charge on any atom is 0.243 e. The first-order valence-electron chi connectivity index (χ1n) is 9.01. The van der Waals surface area contributed by atoms with Crippen molar-refractivity contribution in [2.75, 3.05) is 26.2 Å². The second-order valence-corrected chi connectivity index (χ2v) is 7.05. The lowest BCUT2D eigenvalue weighted by molar-refractivity contribution is -0.142. The van der Waals surface area contributed by atoms with E-state index in [9.17, 15) is 10.1 Å². The van der Waals surface area contributed by atoms with Crippen LogP contribution in [0.25, 0.3) is 0 Å². The van der Waals surface area contributed by atoms with Crippen LogP contribution >= 0.6 is 0 Å². The molecule has 0 bridgehead atoms. The number of aromatic nitrogens is 1. The van der Waals surface area contributed by atoms with Gasteiger partial charge in [0.15, 0.2) is 0 Å². The van der Waals surface area contributed by atoms with Crippen molar-refractivity contribution in [3.05, 3.63) is 30.1 Å². The summed E-state index contributed by atoms with van der Waals surface area (Å²) in [5, 5.41) is 9.62. The minimum atomic E-state index is -0.755. The smallest absolute Gasteiger partial charge is 0.243 e. The van der Waals surface area contributed by atoms with Gasteiger partial charge in [0, 0.05) is 44.6 Å². The number of hydrogen-bond donors (Lipinski definition) is 0. The Balaban J connectivity index is 1.60. The maximum atomic E-state index is 12.9. The quantitative estimate of drug-likeness (QED) is 0.857. The van der Waals surface area contributed by atoms with Crippen LogP contribution in [0.1, 0.15) is 50.6 Å². The van der Waals surface area contributed by atoms with Gasteiger partial charge in [-0.05, 0) is 31.4 Å². The van der Waals surface area contributed by atoms with Gasteiger partial charge in [-0.3, -0.25) is 14.7 Å². The minimum Gasteiger partial charge on any atom is -0.339 e. The summed E-state index contributed by atoms with van der Waals surface area (Å²) in [6.07, 6.45) is 8.30. The van der Waals surface area contributed by atoms with Gasteiger partial charge in [0.1, 0.15) is 5.41 Å². The molecule has 1 amide bonds. The summed E-state index contributed by atoms with van der Waals surface area (Å²) >= 11 is 0. The number of pyridine rings is 1. The van der Waals surface area contributed by atoms with Gasteiger partial charge in [0.05, 0.1) is 6.07 Å². The molecule has 2 fully saturated rings. The Hall–Kier alpha value is -1.93. The first kappa shape index (κ1) is 16.9. The van der Waals surface area contributed by atoms with Crippen molar-refractivity contribution < 1.29 is 4.79 Å². The van der Waals surface area contributed by atoms with Crippen LogP contribution in [0.5, 0.6) is 0 Å². The fourth-order valence-electron chi connectivity index (χ4n) is 3.98. The number of hydrogen-bond acceptors (Lipinski definition) is 4. The summed E-state index contributed by atoms with van der Waals surface area (Å²) in [4.78, 5) is 21.4. The topological polar surface area (TPSA) is 60.2 Å². The van der Waals surface area contributed by atoms with Gasteiger partial charge in [-0.2, -0.15) is 5.26 Å². The first-order valence-corrected chi connectivity index (χ1v) is 9.01. The molecule has 128 valence electrons. The first-order chi connectivity index (χ1) is 11.7. The summed E-state index contributed by atoms with van der Waals surface area (Å²) in [6.45, 7) is 5.32. The van der Waals surface area contributed by atoms with Crippen molar-refractivity contribution >= 4 is 5.91 Å². The van der Waals surface area contributed by atoms with Crippen molar-refractivity contribution in [1.29, 1.82) is 5.26 Å². The number of nitriles is 1. The van der Waals surface area contributed by atoms with Gasteiger partial charge in [-0.25, -0.2) is 0 Å². The molecule has 2 heterocycles. The average Bonchev–Trinajstić information content (AvgIpc) is 2.68. The molecule has 24 heavy (non-hydrogen) atoms. The van der Waals surface area contributed by atoms with Crippen LogP contribution in [-0.4, -0.2) is 46.9 Å². The van der Waals surface area contributed by atoms with E-state index in [4.69, 9.17) is 0 Å². The number of carbonyl (C=O) groups excluding carboxylic acids is 1. The second kappa shape index (κ2) is 7.31. The molecule has 1 saturated heterocycles. The second-order valence-electron chi connectivity index (χ2n) is 7.05. The van der Waals surface area contributed by atoms with Crippen molar-refractivity contribution in [2.24, 2.45) is 5.41 Å². The largest absolute Gasteiger partial charge is 0.339 e. The van der Waals surface area contributed by atoms with E-state index in [1.807, 2.05) is 17.2 Å². The van der Waals surface area contributed by atoms with Gasteiger partial charge in [0.25, 0.3) is 0 Å². The monoisotopic (exact) mass is 326 g/mol. The molecule has 1 aliphatic heterocycles. The molecule has 0 N–H and O–H groups in total. The number of amides is 1. The molecule has 3 rings (SSSR count). The molecular formula is C19H26N4O. The van der Waals surface area contributed by atoms with Gasteiger partial charge in [-0.15, -0.1) is 0 Å². The van der Waals surface area contributed by atoms with Crippen LogP contribution in [0.4, 0.5) is 0 Å². The van der Waals surface area contributed by atoms with E-state index in [0.29, 0.717) is 19.1 Å². The minimum absolute atomic E-state index is 0.0679. The molecule has 0 radical (unpaired) electrons. The summed E-state index contributed by atoms with van der Waals surface area (Å²) in [6, 6.07) is 6.73. The van der Waals surface area contributed by atoms with Crippen LogP contribution < -0.4 is 0 Å². The average molecular weight is 326 g/mol. The Morgan fingerprint density at radius 3 is 2.54 bits per heavy atom. The Morgan fingerprint density at radius 1 is 1.25 bits per heavy atom. The van der Waals surface area contributed by atoms with E-state index in [2.05, 4.69) is 28.9 Å². The van der Waals surface area contributed by atoms with Crippen molar-refractivity contribution in [3.8, 4) is 6.07 Å². The highest BCUT2D eigenvalue weighted by molar-refractivity contribution is 5.85. The third-order valence-electron chi connectivity index (χ3n) is 5.65. The highest BCUT2D eigenvalue weighted by Crippen LogP contribution is 2.37. The van der Waals surface area contributed by atoms with E-state index in [0.717, 1.165) is 45.2 Å². The molecule has 1 saturated carbocycles. The molecule has 5 nitrogen and oxygen atoms in total. The SMILES string of the molecule is CC(c1cccnc1)N1CCN(C(=O)C2(C#N)CCCCC2)CC1. The van der Waals surface area contributed by atoms with E-state index < -0.39 is 5.41 Å². The van der Waals surface area contributed by atoms with Gasteiger partial charge < -0.3 is 4.90 Å². The summed E-state index contributed by atoms with van der Waals surface area (Å²) in [5.74, 6) is 0.0679. The van der Waals surface area contributed by atoms with Crippen LogP contribution in [0.3, 0.4) is 0 Å². The normalized spacial score (nSPS) is 22.6. The Bertz CT molecular complexity index is 596. The number of rotatable bonds is 3. The van der Waals surface area contributed by atoms with Gasteiger partial charge in [-0.1, -0.05) is 25.3 Å². The molecule has 0 spiro atoms. The fraction of sp³-hybridized carbons (Fsp3) is 0.632. The Labute approximate surface area is 144 Å². The molecular weight excluding hydrogens is 300 g/mol. The fourth-order valence-corrected chi connectivity index (χ4v) is 3.98. The standard InChI is InChI=1S/C19H26N4O/c1-16(17-6-5-9-21-14-17)22-10-12-23(13-11-22)18(24)19(15-20)7-3-2-4-8-19/h5-6,9,14,16H,2-4,7-8,10-13H2,1H3. The molecule has 1 aliphatic carbocycles. The summed E-state index contributed by atoms with van der Waals surface area (Å²) < 4.78 is 0. The van der Waals surface area contributed by atoms with Crippen LogP contribution in [0.15, 0.2) is 24.5 Å². The molecule has 2 aliphatic rings. The molecule has 1 atom stereocenters. The van der Waals surface area contributed by atoms with Crippen LogP contribution in [-0.2, 0) is 4.79 Å². The van der Waals surface area contributed by atoms with E-state index >= 15 is 0 Å². The van der Waals surface area contributed by atoms with E-state index in [1.165, 1.54) is 5.56 Å². The number of nitrogens with zero attached hydrogens (tertiary/aromatic N) is 4. The van der Waals surface area contributed by atoms with Gasteiger partial charge in [0.2, 0.25) is 5.91 Å². The predicted molar refractivity (Wildman–Crippen MR) is 91.9 cm³/mol. The Kier molecular flexibility index (Phi) is 5.15. The highest BCUT2D eigenvalue weighted by atomic mass is 16.2. The maximum absolute atomic E-state index is 12.9. The third-order valence-corrected chi connectivity index (χ3v) is 5.65. The predicted octanol–water partition coefficient (Wildman–Crippen LogP) is 2.76. The van der Waals surface area contributed by atoms with Crippen molar-refractivity contribution in [2.45, 2.75) is 45.1 Å². The highest BCUT2D eigenvalue weighted by Gasteiger charge is 2.43. The molecule has 1 aromatic rings. The lowest BCUT2D eigenvalue weighted by atomic mass is 9.74.